The summed E-state index contributed by atoms with van der Waals surface area (Å²) in [7, 11) is -2.78. The van der Waals surface area contributed by atoms with Crippen molar-refractivity contribution in [1.82, 2.24) is 15.5 Å². The number of hydrogen-bond donors (Lipinski definition) is 4. The molecule has 2 amide bonds. The Kier molecular flexibility index (Phi) is 8.76. The van der Waals surface area contributed by atoms with Gasteiger partial charge in [-0.1, -0.05) is 44.2 Å². The molecule has 174 valence electrons. The van der Waals surface area contributed by atoms with Crippen molar-refractivity contribution in [2.45, 2.75) is 44.2 Å². The van der Waals surface area contributed by atoms with Crippen LogP contribution in [0.2, 0.25) is 0 Å². The van der Waals surface area contributed by atoms with Crippen LogP contribution in [0, 0.1) is 5.92 Å². The van der Waals surface area contributed by atoms with Crippen molar-refractivity contribution in [3.63, 3.8) is 0 Å². The second-order valence-corrected chi connectivity index (χ2v) is 9.33. The van der Waals surface area contributed by atoms with E-state index < -0.39 is 33.8 Å². The van der Waals surface area contributed by atoms with E-state index in [0.717, 1.165) is 5.56 Å². The number of carbonyl (C=O) groups is 2. The smallest absolute Gasteiger partial charge is 0.261 e. The van der Waals surface area contributed by atoms with E-state index in [0.29, 0.717) is 12.3 Å². The average Bonchev–Trinajstić information content (AvgIpc) is 2.80. The van der Waals surface area contributed by atoms with Crippen LogP contribution in [0.25, 0.3) is 0 Å². The molecule has 2 aromatic carbocycles. The molecule has 0 heterocycles. The van der Waals surface area contributed by atoms with E-state index in [1.54, 1.807) is 20.8 Å². The highest BCUT2D eigenvalue weighted by molar-refractivity contribution is 7.89. The van der Waals surface area contributed by atoms with Crippen LogP contribution in [-0.2, 0) is 26.2 Å². The number of carbonyl (C=O) groups excluding carboxylic acids is 2. The maximum atomic E-state index is 13.1. The van der Waals surface area contributed by atoms with E-state index in [9.17, 15) is 18.0 Å². The van der Waals surface area contributed by atoms with Gasteiger partial charge in [0.05, 0.1) is 17.9 Å². The Morgan fingerprint density at radius 2 is 1.69 bits per heavy atom. The molecule has 0 saturated carbocycles. The van der Waals surface area contributed by atoms with Gasteiger partial charge in [-0.05, 0) is 42.2 Å². The molecule has 10 heteroatoms. The van der Waals surface area contributed by atoms with Crippen molar-refractivity contribution < 1.29 is 28.0 Å². The fourth-order valence-corrected chi connectivity index (χ4v) is 4.74. The summed E-state index contributed by atoms with van der Waals surface area (Å²) >= 11 is 0. The summed E-state index contributed by atoms with van der Waals surface area (Å²) in [6.45, 7) is 5.16. The summed E-state index contributed by atoms with van der Waals surface area (Å²) < 4.78 is 33.8. The average molecular weight is 464 g/mol. The molecule has 2 atom stereocenters. The van der Waals surface area contributed by atoms with Crippen molar-refractivity contribution in [2.24, 2.45) is 5.92 Å². The monoisotopic (exact) mass is 463 g/mol. The zero-order chi connectivity index (χ0) is 23.9. The Hall–Kier alpha value is -2.95. The fraction of sp³-hybridized carbons (Fsp3) is 0.364. The van der Waals surface area contributed by atoms with E-state index in [2.05, 4.69) is 10.0 Å². The number of rotatable bonds is 10. The first kappa shape index (κ1) is 25.3. The zero-order valence-corrected chi connectivity index (χ0v) is 19.3. The second-order valence-electron chi connectivity index (χ2n) is 7.65. The topological polar surface area (TPSA) is 134 Å². The van der Waals surface area contributed by atoms with Gasteiger partial charge >= 0.3 is 0 Å². The lowest BCUT2D eigenvalue weighted by Crippen LogP contribution is -2.49. The van der Waals surface area contributed by atoms with Gasteiger partial charge in [0.1, 0.15) is 11.8 Å². The van der Waals surface area contributed by atoms with Gasteiger partial charge in [0.25, 0.3) is 5.91 Å². The number of methoxy groups -OCH3 is 1. The Balaban J connectivity index is 2.36. The summed E-state index contributed by atoms with van der Waals surface area (Å²) in [5, 5.41) is 11.8. The molecule has 4 N–H and O–H groups in total. The molecular formula is C22H29N3O6S. The highest BCUT2D eigenvalue weighted by Gasteiger charge is 2.31. The highest BCUT2D eigenvalue weighted by atomic mass is 32.2. The van der Waals surface area contributed by atoms with Crippen LogP contribution >= 0.6 is 0 Å². The van der Waals surface area contributed by atoms with Crippen LogP contribution in [0.4, 0.5) is 0 Å². The van der Waals surface area contributed by atoms with Crippen LogP contribution < -0.4 is 20.3 Å². The number of benzene rings is 2. The molecule has 0 spiro atoms. The SMILES string of the molecule is COc1ccc(S(=O)(=O)N[C@@H](C(=O)NO)C(C)C)c(C(C)C(=O)NCc2ccccc2)c1. The van der Waals surface area contributed by atoms with Gasteiger partial charge in [-0.15, -0.1) is 0 Å². The van der Waals surface area contributed by atoms with Crippen molar-refractivity contribution in [3.8, 4) is 5.75 Å². The van der Waals surface area contributed by atoms with E-state index in [1.165, 1.54) is 30.8 Å². The standard InChI is InChI=1S/C22H29N3O6S/c1-14(2)20(22(27)24-28)25-32(29,30)19-11-10-17(31-4)12-18(19)15(3)21(26)23-13-16-8-6-5-7-9-16/h5-12,14-15,20,25,28H,13H2,1-4H3,(H,23,26)(H,24,27)/t15?,20-/m1/s1. The number of ether oxygens (including phenoxy) is 1. The Labute approximate surface area is 188 Å². The van der Waals surface area contributed by atoms with Crippen molar-refractivity contribution in [2.75, 3.05) is 7.11 Å². The van der Waals surface area contributed by atoms with Gasteiger partial charge in [0.15, 0.2) is 0 Å². The number of sulfonamides is 1. The van der Waals surface area contributed by atoms with Crippen molar-refractivity contribution in [3.05, 3.63) is 59.7 Å². The van der Waals surface area contributed by atoms with Gasteiger partial charge < -0.3 is 10.1 Å². The van der Waals surface area contributed by atoms with Crippen molar-refractivity contribution >= 4 is 21.8 Å². The van der Waals surface area contributed by atoms with Crippen molar-refractivity contribution in [1.29, 1.82) is 0 Å². The first-order valence-electron chi connectivity index (χ1n) is 10.1. The van der Waals surface area contributed by atoms with Gasteiger partial charge in [0.2, 0.25) is 15.9 Å². The highest BCUT2D eigenvalue weighted by Crippen LogP contribution is 2.29. The first-order chi connectivity index (χ1) is 15.1. The molecule has 1 unspecified atom stereocenters. The van der Waals surface area contributed by atoms with Crippen LogP contribution in [0.5, 0.6) is 5.75 Å². The van der Waals surface area contributed by atoms with Crippen LogP contribution in [0.1, 0.15) is 37.8 Å². The molecule has 2 aromatic rings. The molecule has 0 aromatic heterocycles. The van der Waals surface area contributed by atoms with Crippen LogP contribution in [0.3, 0.4) is 0 Å². The molecule has 32 heavy (non-hydrogen) atoms. The molecule has 0 aliphatic heterocycles. The Bertz CT molecular complexity index is 1040. The summed E-state index contributed by atoms with van der Waals surface area (Å²) in [6.07, 6.45) is 0. The third kappa shape index (κ3) is 6.28. The van der Waals surface area contributed by atoms with E-state index in [1.807, 2.05) is 30.3 Å². The first-order valence-corrected chi connectivity index (χ1v) is 11.5. The normalized spacial score (nSPS) is 13.3. The Morgan fingerprint density at radius 3 is 2.25 bits per heavy atom. The van der Waals surface area contributed by atoms with E-state index in [-0.39, 0.29) is 16.4 Å². The lowest BCUT2D eigenvalue weighted by atomic mass is 9.99. The number of hydroxylamine groups is 1. The maximum absolute atomic E-state index is 13.1. The second kappa shape index (κ2) is 11.1. The molecule has 0 radical (unpaired) electrons. The molecule has 0 fully saturated rings. The number of amides is 2. The minimum atomic E-state index is -4.22. The van der Waals surface area contributed by atoms with Gasteiger partial charge in [0, 0.05) is 6.54 Å². The lowest BCUT2D eigenvalue weighted by Gasteiger charge is -2.22. The van der Waals surface area contributed by atoms with Gasteiger partial charge in [-0.25, -0.2) is 13.9 Å². The molecular weight excluding hydrogens is 434 g/mol. The lowest BCUT2D eigenvalue weighted by molar-refractivity contribution is -0.132. The summed E-state index contributed by atoms with van der Waals surface area (Å²) in [4.78, 5) is 24.6. The Morgan fingerprint density at radius 1 is 1.03 bits per heavy atom. The summed E-state index contributed by atoms with van der Waals surface area (Å²) in [6, 6.07) is 12.4. The van der Waals surface area contributed by atoms with Crippen LogP contribution in [0.15, 0.2) is 53.4 Å². The van der Waals surface area contributed by atoms with Gasteiger partial charge in [-0.2, -0.15) is 4.72 Å². The van der Waals surface area contributed by atoms with E-state index >= 15 is 0 Å². The predicted octanol–water partition coefficient (Wildman–Crippen LogP) is 1.92. The third-order valence-electron chi connectivity index (χ3n) is 5.02. The molecule has 9 nitrogen and oxygen atoms in total. The fourth-order valence-electron chi connectivity index (χ4n) is 3.11. The number of hydrogen-bond acceptors (Lipinski definition) is 6. The minimum absolute atomic E-state index is 0.156. The molecule has 0 saturated heterocycles. The van der Waals surface area contributed by atoms with E-state index in [4.69, 9.17) is 9.94 Å². The minimum Gasteiger partial charge on any atom is -0.497 e. The summed E-state index contributed by atoms with van der Waals surface area (Å²) in [5.41, 5.74) is 2.60. The predicted molar refractivity (Wildman–Crippen MR) is 119 cm³/mol. The largest absolute Gasteiger partial charge is 0.497 e. The zero-order valence-electron chi connectivity index (χ0n) is 18.5. The molecule has 0 bridgehead atoms. The molecule has 0 aliphatic carbocycles. The maximum Gasteiger partial charge on any atom is 0.261 e. The van der Waals surface area contributed by atoms with Gasteiger partial charge in [-0.3, -0.25) is 14.8 Å². The number of nitrogens with one attached hydrogen (secondary N) is 3. The molecule has 2 rings (SSSR count). The summed E-state index contributed by atoms with van der Waals surface area (Å²) in [5.74, 6) is -2.13. The molecule has 0 aliphatic rings. The third-order valence-corrected chi connectivity index (χ3v) is 6.53. The quantitative estimate of drug-likeness (QED) is 0.314. The van der Waals surface area contributed by atoms with Crippen LogP contribution in [-0.4, -0.2) is 38.6 Å².